The SMILES string of the molecule is C=C1C(=O)C23C[C@@H]1C[C@@H](OC(C)=O)[C@H]2C12CO[C@@]3(O)[C@@H](O)[C@@H]1C(C)(C)CC[C@@H]2OC(C)=O. The van der Waals surface area contributed by atoms with E-state index >= 15 is 0 Å². The summed E-state index contributed by atoms with van der Waals surface area (Å²) in [6, 6.07) is 0. The maximum Gasteiger partial charge on any atom is 0.302 e. The van der Waals surface area contributed by atoms with Crippen molar-refractivity contribution in [2.45, 2.75) is 77.5 Å². The molecule has 2 aliphatic heterocycles. The van der Waals surface area contributed by atoms with Crippen molar-refractivity contribution in [1.29, 1.82) is 0 Å². The number of allylic oxidation sites excluding steroid dienone is 1. The first kappa shape index (κ1) is 22.0. The zero-order chi connectivity index (χ0) is 23.4. The highest BCUT2D eigenvalue weighted by Gasteiger charge is 2.86. The van der Waals surface area contributed by atoms with Crippen molar-refractivity contribution in [2.75, 3.05) is 6.61 Å². The predicted molar refractivity (Wildman–Crippen MR) is 110 cm³/mol. The third-order valence-corrected chi connectivity index (χ3v) is 9.35. The van der Waals surface area contributed by atoms with Gasteiger partial charge in [-0.3, -0.25) is 14.4 Å². The van der Waals surface area contributed by atoms with E-state index in [2.05, 4.69) is 6.58 Å². The van der Waals surface area contributed by atoms with Crippen molar-refractivity contribution in [3.05, 3.63) is 12.2 Å². The molecule has 9 atom stereocenters. The second-order valence-corrected chi connectivity index (χ2v) is 11.2. The molecule has 2 N–H and O–H groups in total. The average molecular weight is 449 g/mol. The lowest BCUT2D eigenvalue weighted by Crippen LogP contribution is -2.85. The van der Waals surface area contributed by atoms with Gasteiger partial charge in [0, 0.05) is 31.1 Å². The number of rotatable bonds is 2. The van der Waals surface area contributed by atoms with Crippen LogP contribution in [0.2, 0.25) is 0 Å². The molecule has 2 spiro atoms. The number of aliphatic hydroxyl groups is 2. The van der Waals surface area contributed by atoms with Gasteiger partial charge in [-0.2, -0.15) is 0 Å². The Labute approximate surface area is 187 Å². The molecule has 0 radical (unpaired) electrons. The van der Waals surface area contributed by atoms with Crippen molar-refractivity contribution in [3.8, 4) is 0 Å². The second-order valence-electron chi connectivity index (χ2n) is 11.2. The highest BCUT2D eigenvalue weighted by molar-refractivity contribution is 6.04. The minimum Gasteiger partial charge on any atom is -0.462 e. The van der Waals surface area contributed by atoms with E-state index in [0.29, 0.717) is 24.8 Å². The van der Waals surface area contributed by atoms with Crippen LogP contribution in [0.5, 0.6) is 0 Å². The summed E-state index contributed by atoms with van der Waals surface area (Å²) in [7, 11) is 0. The highest BCUT2D eigenvalue weighted by Crippen LogP contribution is 2.77. The predicted octanol–water partition coefficient (Wildman–Crippen LogP) is 1.52. The Bertz CT molecular complexity index is 925. The van der Waals surface area contributed by atoms with Crippen LogP contribution >= 0.6 is 0 Å². The zero-order valence-corrected chi connectivity index (χ0v) is 19.1. The van der Waals surface area contributed by atoms with Crippen LogP contribution < -0.4 is 0 Å². The number of carbonyl (C=O) groups excluding carboxylic acids is 3. The molecule has 8 heteroatoms. The van der Waals surface area contributed by atoms with Crippen LogP contribution in [-0.4, -0.2) is 58.6 Å². The first-order valence-corrected chi connectivity index (χ1v) is 11.5. The number of ketones is 1. The summed E-state index contributed by atoms with van der Waals surface area (Å²) < 4.78 is 17.7. The molecule has 4 saturated carbocycles. The number of carbonyl (C=O) groups is 3. The van der Waals surface area contributed by atoms with Crippen molar-refractivity contribution < 1.29 is 38.8 Å². The standard InChI is InChI=1S/C24H32O8/c1-11-14-8-15(31-12(2)25)17-22-10-30-24(29,23(17,9-14)19(11)27)20(28)18(22)21(4,5)7-6-16(22)32-13(3)26/h14-18,20,28-29H,1,6-10H2,2-5H3/t14-,15+,16-,17-,18+,20-,22?,23?,24-/m0/s1. The van der Waals surface area contributed by atoms with Gasteiger partial charge in [0.1, 0.15) is 18.3 Å². The molecular formula is C24H32O8. The van der Waals surface area contributed by atoms with Crippen molar-refractivity contribution in [3.63, 3.8) is 0 Å². The molecule has 6 fully saturated rings. The summed E-state index contributed by atoms with van der Waals surface area (Å²) in [6.07, 6.45) is -0.844. The number of ether oxygens (including phenoxy) is 3. The molecule has 0 amide bonds. The molecular weight excluding hydrogens is 416 g/mol. The molecule has 0 aromatic heterocycles. The number of fused-ring (bicyclic) bond motifs is 2. The van der Waals surface area contributed by atoms with Crippen LogP contribution in [0.3, 0.4) is 0 Å². The highest BCUT2D eigenvalue weighted by atomic mass is 16.6. The zero-order valence-electron chi connectivity index (χ0n) is 19.1. The largest absolute Gasteiger partial charge is 0.462 e. The van der Waals surface area contributed by atoms with Gasteiger partial charge in [0.25, 0.3) is 0 Å². The van der Waals surface area contributed by atoms with E-state index in [4.69, 9.17) is 14.2 Å². The summed E-state index contributed by atoms with van der Waals surface area (Å²) in [5, 5.41) is 23.6. The lowest BCUT2D eigenvalue weighted by atomic mass is 9.35. The van der Waals surface area contributed by atoms with Crippen molar-refractivity contribution in [2.24, 2.45) is 34.0 Å². The molecule has 6 rings (SSSR count). The molecule has 2 saturated heterocycles. The van der Waals surface area contributed by atoms with Gasteiger partial charge in [0.2, 0.25) is 5.79 Å². The smallest absolute Gasteiger partial charge is 0.302 e. The summed E-state index contributed by atoms with van der Waals surface area (Å²) in [5.74, 6) is -4.89. The third-order valence-electron chi connectivity index (χ3n) is 9.35. The first-order valence-electron chi connectivity index (χ1n) is 11.5. The number of Topliss-reactive ketones (excluding diaryl/α,β-unsaturated/α-hetero) is 1. The van der Waals surface area contributed by atoms with E-state index in [9.17, 15) is 24.6 Å². The Hall–Kier alpha value is -1.77. The number of hydrogen-bond donors (Lipinski definition) is 2. The lowest BCUT2D eigenvalue weighted by molar-refractivity contribution is -0.455. The molecule has 2 unspecified atom stereocenters. The number of aliphatic hydroxyl groups excluding tert-OH is 1. The minimum atomic E-state index is -2.13. The summed E-state index contributed by atoms with van der Waals surface area (Å²) >= 11 is 0. The minimum absolute atomic E-state index is 0.00120. The molecule has 2 heterocycles. The number of hydrogen-bond acceptors (Lipinski definition) is 8. The van der Waals surface area contributed by atoms with E-state index in [0.717, 1.165) is 0 Å². The molecule has 0 aromatic carbocycles. The lowest BCUT2D eigenvalue weighted by Gasteiger charge is -2.74. The Morgan fingerprint density at radius 1 is 1.16 bits per heavy atom. The van der Waals surface area contributed by atoms with Crippen LogP contribution in [-0.2, 0) is 28.6 Å². The molecule has 4 bridgehead atoms. The summed E-state index contributed by atoms with van der Waals surface area (Å²) in [6.45, 7) is 10.7. The molecule has 32 heavy (non-hydrogen) atoms. The normalized spacial score (nSPS) is 50.4. The van der Waals surface area contributed by atoms with Gasteiger partial charge in [-0.05, 0) is 42.6 Å². The molecule has 176 valence electrons. The van der Waals surface area contributed by atoms with E-state index in [-0.39, 0.29) is 24.7 Å². The monoisotopic (exact) mass is 448 g/mol. The van der Waals surface area contributed by atoms with E-state index in [1.807, 2.05) is 13.8 Å². The van der Waals surface area contributed by atoms with Crippen molar-refractivity contribution >= 4 is 17.7 Å². The Morgan fingerprint density at radius 2 is 1.81 bits per heavy atom. The second kappa shape index (κ2) is 6.42. The van der Waals surface area contributed by atoms with Crippen LogP contribution in [0.15, 0.2) is 12.2 Å². The van der Waals surface area contributed by atoms with Crippen LogP contribution in [0.4, 0.5) is 0 Å². The first-order chi connectivity index (χ1) is 14.8. The van der Waals surface area contributed by atoms with E-state index in [1.54, 1.807) is 0 Å². The summed E-state index contributed by atoms with van der Waals surface area (Å²) in [5.41, 5.74) is -2.57. The van der Waals surface area contributed by atoms with Gasteiger partial charge in [0.15, 0.2) is 5.78 Å². The Balaban J connectivity index is 1.80. The maximum absolute atomic E-state index is 13.8. The maximum atomic E-state index is 13.8. The van der Waals surface area contributed by atoms with Crippen molar-refractivity contribution in [1.82, 2.24) is 0 Å². The van der Waals surface area contributed by atoms with E-state index < -0.39 is 64.1 Å². The molecule has 4 aliphatic carbocycles. The Kier molecular flexibility index (Phi) is 4.42. The van der Waals surface area contributed by atoms with Crippen LogP contribution in [0.1, 0.15) is 53.4 Å². The molecule has 6 aliphatic rings. The van der Waals surface area contributed by atoms with Gasteiger partial charge in [-0.15, -0.1) is 0 Å². The van der Waals surface area contributed by atoms with Gasteiger partial charge in [0.05, 0.1) is 12.0 Å². The van der Waals surface area contributed by atoms with Crippen LogP contribution in [0.25, 0.3) is 0 Å². The molecule has 0 aromatic rings. The molecule has 8 nitrogen and oxygen atoms in total. The van der Waals surface area contributed by atoms with Gasteiger partial charge < -0.3 is 24.4 Å². The number of esters is 2. The Morgan fingerprint density at radius 3 is 2.44 bits per heavy atom. The fraction of sp³-hybridized carbons (Fsp3) is 0.792. The fourth-order valence-corrected chi connectivity index (χ4v) is 8.52. The van der Waals surface area contributed by atoms with Gasteiger partial charge in [-0.1, -0.05) is 20.4 Å². The topological polar surface area (TPSA) is 119 Å². The fourth-order valence-electron chi connectivity index (χ4n) is 8.52. The average Bonchev–Trinajstić information content (AvgIpc) is 2.87. The van der Waals surface area contributed by atoms with E-state index in [1.165, 1.54) is 13.8 Å². The van der Waals surface area contributed by atoms with Crippen LogP contribution in [0, 0.1) is 34.0 Å². The van der Waals surface area contributed by atoms with Gasteiger partial charge in [-0.25, -0.2) is 0 Å². The van der Waals surface area contributed by atoms with Gasteiger partial charge >= 0.3 is 11.9 Å². The third kappa shape index (κ3) is 2.31. The quantitative estimate of drug-likeness (QED) is 0.482. The summed E-state index contributed by atoms with van der Waals surface area (Å²) in [4.78, 5) is 38.0.